The van der Waals surface area contributed by atoms with Crippen molar-refractivity contribution < 1.29 is 4.79 Å². The van der Waals surface area contributed by atoms with Crippen LogP contribution in [0.15, 0.2) is 23.1 Å². The summed E-state index contributed by atoms with van der Waals surface area (Å²) in [6.45, 7) is 11.3. The van der Waals surface area contributed by atoms with Gasteiger partial charge in [0.25, 0.3) is 5.56 Å². The average molecular weight is 373 g/mol. The monoisotopic (exact) mass is 372 g/mol. The van der Waals surface area contributed by atoms with E-state index in [2.05, 4.69) is 31.9 Å². The largest absolute Gasteiger partial charge is 0.302 e. The number of rotatable bonds is 5. The molecule has 4 nitrogen and oxygen atoms in total. The minimum Gasteiger partial charge on any atom is -0.302 e. The van der Waals surface area contributed by atoms with E-state index in [-0.39, 0.29) is 22.3 Å². The van der Waals surface area contributed by atoms with Crippen LogP contribution in [0.25, 0.3) is 0 Å². The lowest BCUT2D eigenvalue weighted by molar-refractivity contribution is 0.103. The maximum Gasteiger partial charge on any atom is 0.277 e. The van der Waals surface area contributed by atoms with E-state index >= 15 is 0 Å². The minimum absolute atomic E-state index is 0.178. The van der Waals surface area contributed by atoms with Gasteiger partial charge in [0.1, 0.15) is 5.56 Å². The zero-order chi connectivity index (χ0) is 19.1. The van der Waals surface area contributed by atoms with Gasteiger partial charge in [0.05, 0.1) is 0 Å². The molecule has 1 aromatic heterocycles. The van der Waals surface area contributed by atoms with Gasteiger partial charge in [-0.05, 0) is 54.5 Å². The first kappa shape index (κ1) is 19.0. The van der Waals surface area contributed by atoms with Crippen molar-refractivity contribution in [3.05, 3.63) is 56.5 Å². The molecular formula is C21H28N2O2S. The lowest BCUT2D eigenvalue weighted by atomic mass is 9.72. The standard InChI is InChI=1S/C21H28N2O2S/c1-6-23-20(25)16(12-22-23)18(24)15-9-8-14-10-11-21(4,5)19(26-7-2)17(14)13(15)3/h8-9,12,19,22H,6-7,10-11H2,1-5H3. The molecule has 2 aromatic rings. The SMILES string of the molecule is CCSC1c2c(ccc(C(=O)c3c[nH]n(CC)c3=O)c2C)CCC1(C)C. The Labute approximate surface area is 159 Å². The molecule has 1 aliphatic rings. The number of hydrogen-bond donors (Lipinski definition) is 1. The van der Waals surface area contributed by atoms with Gasteiger partial charge in [-0.1, -0.05) is 32.9 Å². The van der Waals surface area contributed by atoms with Crippen LogP contribution in [0.4, 0.5) is 0 Å². The summed E-state index contributed by atoms with van der Waals surface area (Å²) in [5.74, 6) is 0.867. The van der Waals surface area contributed by atoms with Gasteiger partial charge in [-0.3, -0.25) is 14.3 Å². The molecule has 26 heavy (non-hydrogen) atoms. The van der Waals surface area contributed by atoms with E-state index in [9.17, 15) is 9.59 Å². The first-order valence-electron chi connectivity index (χ1n) is 9.38. The molecule has 1 aromatic carbocycles. The van der Waals surface area contributed by atoms with E-state index < -0.39 is 0 Å². The van der Waals surface area contributed by atoms with Crippen LogP contribution in [0.3, 0.4) is 0 Å². The molecule has 5 heteroatoms. The zero-order valence-electron chi connectivity index (χ0n) is 16.3. The van der Waals surface area contributed by atoms with Crippen molar-refractivity contribution in [2.75, 3.05) is 5.75 Å². The lowest BCUT2D eigenvalue weighted by Crippen LogP contribution is -2.28. The molecule has 0 saturated carbocycles. The number of fused-ring (bicyclic) bond motifs is 1. The summed E-state index contributed by atoms with van der Waals surface area (Å²) in [7, 11) is 0. The van der Waals surface area contributed by atoms with Crippen molar-refractivity contribution in [3.8, 4) is 0 Å². The third-order valence-corrected chi connectivity index (χ3v) is 7.14. The van der Waals surface area contributed by atoms with Gasteiger partial charge in [-0.15, -0.1) is 0 Å². The Morgan fingerprint density at radius 2 is 2.04 bits per heavy atom. The topological polar surface area (TPSA) is 54.9 Å². The second-order valence-corrected chi connectivity index (χ2v) is 9.08. The smallest absolute Gasteiger partial charge is 0.277 e. The Bertz CT molecular complexity index is 892. The summed E-state index contributed by atoms with van der Waals surface area (Å²) in [5, 5.41) is 3.25. The predicted octanol–water partition coefficient (Wildman–Crippen LogP) is 4.50. The van der Waals surface area contributed by atoms with Gasteiger partial charge in [-0.25, -0.2) is 0 Å². The molecule has 0 saturated heterocycles. The first-order chi connectivity index (χ1) is 12.3. The number of thioether (sulfide) groups is 1. The number of nitrogens with one attached hydrogen (secondary N) is 1. The Kier molecular flexibility index (Phi) is 5.20. The Hall–Kier alpha value is -1.75. The number of ketones is 1. The van der Waals surface area contributed by atoms with Crippen molar-refractivity contribution in [1.29, 1.82) is 0 Å². The quantitative estimate of drug-likeness (QED) is 0.786. The molecule has 3 rings (SSSR count). The van der Waals surface area contributed by atoms with Crippen LogP contribution in [0.5, 0.6) is 0 Å². The van der Waals surface area contributed by atoms with Crippen molar-refractivity contribution in [2.24, 2.45) is 5.41 Å². The highest BCUT2D eigenvalue weighted by Gasteiger charge is 2.37. The molecular weight excluding hydrogens is 344 g/mol. The molecule has 0 bridgehead atoms. The summed E-state index contributed by atoms with van der Waals surface area (Å²) >= 11 is 1.96. The number of H-pyrrole nitrogens is 1. The first-order valence-corrected chi connectivity index (χ1v) is 10.4. The number of aromatic nitrogens is 2. The maximum absolute atomic E-state index is 13.1. The Balaban J connectivity index is 2.11. The summed E-state index contributed by atoms with van der Waals surface area (Å²) in [6, 6.07) is 4.00. The van der Waals surface area contributed by atoms with Crippen molar-refractivity contribution in [1.82, 2.24) is 9.78 Å². The number of carbonyl (C=O) groups is 1. The third-order valence-electron chi connectivity index (χ3n) is 5.59. The molecule has 0 fully saturated rings. The fraction of sp³-hybridized carbons (Fsp3) is 0.524. The number of nitrogens with zero attached hydrogens (tertiary/aromatic N) is 1. The van der Waals surface area contributed by atoms with E-state index in [1.165, 1.54) is 22.0 Å². The maximum atomic E-state index is 13.1. The van der Waals surface area contributed by atoms with Crippen molar-refractivity contribution >= 4 is 17.5 Å². The van der Waals surface area contributed by atoms with E-state index in [1.807, 2.05) is 31.7 Å². The van der Waals surface area contributed by atoms with Crippen molar-refractivity contribution in [3.63, 3.8) is 0 Å². The summed E-state index contributed by atoms with van der Waals surface area (Å²) < 4.78 is 1.46. The molecule has 1 N–H and O–H groups in total. The summed E-state index contributed by atoms with van der Waals surface area (Å²) in [6.07, 6.45) is 3.74. The average Bonchev–Trinajstić information content (AvgIpc) is 2.98. The number of aromatic amines is 1. The molecule has 140 valence electrons. The molecule has 1 heterocycles. The highest BCUT2D eigenvalue weighted by Crippen LogP contribution is 2.52. The second-order valence-electron chi connectivity index (χ2n) is 7.70. The van der Waals surface area contributed by atoms with Crippen LogP contribution in [0.1, 0.15) is 72.0 Å². The number of aryl methyl sites for hydroxylation is 2. The highest BCUT2D eigenvalue weighted by atomic mass is 32.2. The van der Waals surface area contributed by atoms with Crippen molar-refractivity contribution in [2.45, 2.75) is 59.3 Å². The van der Waals surface area contributed by atoms with Crippen LogP contribution in [-0.2, 0) is 13.0 Å². The van der Waals surface area contributed by atoms with Gasteiger partial charge in [-0.2, -0.15) is 11.8 Å². The van der Waals surface area contributed by atoms with Gasteiger partial charge in [0.15, 0.2) is 5.78 Å². The van der Waals surface area contributed by atoms with E-state index in [4.69, 9.17) is 0 Å². The normalized spacial score (nSPS) is 18.6. The van der Waals surface area contributed by atoms with E-state index in [0.717, 1.165) is 24.2 Å². The van der Waals surface area contributed by atoms with Gasteiger partial charge in [0, 0.05) is 23.6 Å². The highest BCUT2D eigenvalue weighted by molar-refractivity contribution is 7.99. The van der Waals surface area contributed by atoms with Crippen LogP contribution in [-0.4, -0.2) is 21.3 Å². The lowest BCUT2D eigenvalue weighted by Gasteiger charge is -2.41. The van der Waals surface area contributed by atoms with Crippen LogP contribution in [0.2, 0.25) is 0 Å². The molecule has 0 amide bonds. The fourth-order valence-electron chi connectivity index (χ4n) is 4.02. The molecule has 0 aliphatic heterocycles. The molecule has 0 radical (unpaired) electrons. The molecule has 1 unspecified atom stereocenters. The number of benzene rings is 1. The predicted molar refractivity (Wildman–Crippen MR) is 108 cm³/mol. The Morgan fingerprint density at radius 1 is 1.31 bits per heavy atom. The van der Waals surface area contributed by atoms with Gasteiger partial charge >= 0.3 is 0 Å². The van der Waals surface area contributed by atoms with E-state index in [1.54, 1.807) is 0 Å². The Morgan fingerprint density at radius 3 is 2.65 bits per heavy atom. The molecule has 0 spiro atoms. The van der Waals surface area contributed by atoms with Gasteiger partial charge < -0.3 is 5.10 Å². The van der Waals surface area contributed by atoms with Crippen LogP contribution < -0.4 is 5.56 Å². The fourth-order valence-corrected chi connectivity index (χ4v) is 5.42. The van der Waals surface area contributed by atoms with Gasteiger partial charge in [0.2, 0.25) is 0 Å². The van der Waals surface area contributed by atoms with E-state index in [0.29, 0.717) is 17.4 Å². The molecule has 1 atom stereocenters. The van der Waals surface area contributed by atoms with Crippen LogP contribution in [0, 0.1) is 12.3 Å². The minimum atomic E-state index is -0.241. The number of hydrogen-bond acceptors (Lipinski definition) is 3. The molecule has 1 aliphatic carbocycles. The zero-order valence-corrected chi connectivity index (χ0v) is 17.1. The summed E-state index contributed by atoms with van der Waals surface area (Å²) in [5.41, 5.74) is 4.54. The van der Waals surface area contributed by atoms with Crippen LogP contribution >= 0.6 is 11.8 Å². The summed E-state index contributed by atoms with van der Waals surface area (Å²) in [4.78, 5) is 25.5. The third kappa shape index (κ3) is 3.07. The second kappa shape index (κ2) is 7.10. The number of carbonyl (C=O) groups excluding carboxylic acids is 1.